The Labute approximate surface area is 167 Å². The van der Waals surface area contributed by atoms with E-state index in [9.17, 15) is 18.4 Å². The van der Waals surface area contributed by atoms with Gasteiger partial charge in [-0.3, -0.25) is 9.59 Å². The van der Waals surface area contributed by atoms with Crippen LogP contribution in [0.4, 0.5) is 8.78 Å². The molecule has 29 heavy (non-hydrogen) atoms. The molecule has 1 unspecified atom stereocenters. The van der Waals surface area contributed by atoms with Crippen molar-refractivity contribution in [3.05, 3.63) is 107 Å². The van der Waals surface area contributed by atoms with E-state index in [1.807, 2.05) is 60.7 Å². The van der Waals surface area contributed by atoms with Crippen molar-refractivity contribution >= 4 is 11.8 Å². The van der Waals surface area contributed by atoms with Gasteiger partial charge >= 0.3 is 0 Å². The van der Waals surface area contributed by atoms with Crippen LogP contribution in [0.2, 0.25) is 0 Å². The first-order valence-electron chi connectivity index (χ1n) is 9.14. The van der Waals surface area contributed by atoms with Crippen LogP contribution < -0.4 is 10.6 Å². The third-order valence-corrected chi connectivity index (χ3v) is 4.41. The predicted octanol–water partition coefficient (Wildman–Crippen LogP) is 3.79. The van der Waals surface area contributed by atoms with E-state index in [2.05, 4.69) is 10.6 Å². The summed E-state index contributed by atoms with van der Waals surface area (Å²) in [5.41, 5.74) is 1.67. The zero-order chi connectivity index (χ0) is 20.6. The van der Waals surface area contributed by atoms with Gasteiger partial charge in [-0.1, -0.05) is 60.7 Å². The van der Waals surface area contributed by atoms with Gasteiger partial charge in [0.2, 0.25) is 5.91 Å². The van der Waals surface area contributed by atoms with Gasteiger partial charge in [0.1, 0.15) is 11.6 Å². The Balaban J connectivity index is 1.64. The number of rotatable bonds is 7. The standard InChI is InChI=1S/C23H20F2N2O2/c24-18-11-12-19(20(25)14-18)23(29)26-15-22(28)27-21(17-9-5-2-6-10-17)13-16-7-3-1-4-8-16/h1-12,14,21H,13,15H2,(H,26,29)(H,27,28). The van der Waals surface area contributed by atoms with Crippen LogP contribution in [-0.2, 0) is 11.2 Å². The lowest BCUT2D eigenvalue weighted by Crippen LogP contribution is -2.39. The van der Waals surface area contributed by atoms with Crippen molar-refractivity contribution in [3.63, 3.8) is 0 Å². The van der Waals surface area contributed by atoms with Gasteiger partial charge in [0, 0.05) is 6.07 Å². The molecule has 0 aliphatic rings. The van der Waals surface area contributed by atoms with E-state index in [-0.39, 0.29) is 18.2 Å². The van der Waals surface area contributed by atoms with E-state index in [0.717, 1.165) is 23.3 Å². The molecule has 3 rings (SSSR count). The van der Waals surface area contributed by atoms with Crippen molar-refractivity contribution in [2.24, 2.45) is 0 Å². The maximum atomic E-state index is 13.7. The summed E-state index contributed by atoms with van der Waals surface area (Å²) in [5, 5.41) is 5.27. The van der Waals surface area contributed by atoms with Crippen molar-refractivity contribution in [1.29, 1.82) is 0 Å². The number of benzene rings is 3. The Morgan fingerprint density at radius 1 is 0.862 bits per heavy atom. The highest BCUT2D eigenvalue weighted by Crippen LogP contribution is 2.18. The maximum absolute atomic E-state index is 13.7. The van der Waals surface area contributed by atoms with E-state index in [0.29, 0.717) is 12.5 Å². The number of carbonyl (C=O) groups is 2. The summed E-state index contributed by atoms with van der Waals surface area (Å²) in [7, 11) is 0. The average Bonchev–Trinajstić information content (AvgIpc) is 2.73. The summed E-state index contributed by atoms with van der Waals surface area (Å²) >= 11 is 0. The minimum atomic E-state index is -0.978. The molecule has 0 heterocycles. The minimum Gasteiger partial charge on any atom is -0.347 e. The van der Waals surface area contributed by atoms with Crippen molar-refractivity contribution in [2.45, 2.75) is 12.5 Å². The van der Waals surface area contributed by atoms with Gasteiger partial charge < -0.3 is 10.6 Å². The van der Waals surface area contributed by atoms with Gasteiger partial charge in [-0.2, -0.15) is 0 Å². The molecule has 0 saturated carbocycles. The fraction of sp³-hybridized carbons (Fsp3) is 0.130. The van der Waals surface area contributed by atoms with E-state index < -0.39 is 23.4 Å². The SMILES string of the molecule is O=C(CNC(=O)c1ccc(F)cc1F)NC(Cc1ccccc1)c1ccccc1. The van der Waals surface area contributed by atoms with Crippen LogP contribution in [0.5, 0.6) is 0 Å². The highest BCUT2D eigenvalue weighted by Gasteiger charge is 2.17. The van der Waals surface area contributed by atoms with Gasteiger partial charge in [-0.05, 0) is 29.7 Å². The summed E-state index contributed by atoms with van der Waals surface area (Å²) in [6, 6.07) is 21.6. The molecule has 0 spiro atoms. The molecular formula is C23H20F2N2O2. The molecule has 0 aliphatic heterocycles. The first kappa shape index (κ1) is 20.2. The molecule has 148 valence electrons. The summed E-state index contributed by atoms with van der Waals surface area (Å²) in [6.07, 6.45) is 0.580. The van der Waals surface area contributed by atoms with Crippen LogP contribution in [0.1, 0.15) is 27.5 Å². The van der Waals surface area contributed by atoms with Crippen LogP contribution in [0.3, 0.4) is 0 Å². The zero-order valence-corrected chi connectivity index (χ0v) is 15.6. The van der Waals surface area contributed by atoms with Crippen LogP contribution in [0, 0.1) is 11.6 Å². The van der Waals surface area contributed by atoms with E-state index in [1.165, 1.54) is 0 Å². The van der Waals surface area contributed by atoms with Gasteiger partial charge in [-0.15, -0.1) is 0 Å². The molecule has 0 radical (unpaired) electrons. The fourth-order valence-corrected chi connectivity index (χ4v) is 2.96. The minimum absolute atomic E-state index is 0.287. The van der Waals surface area contributed by atoms with Gasteiger partial charge in [-0.25, -0.2) is 8.78 Å². The summed E-state index contributed by atoms with van der Waals surface area (Å²) < 4.78 is 26.7. The van der Waals surface area contributed by atoms with Gasteiger partial charge in [0.15, 0.2) is 0 Å². The molecule has 3 aromatic carbocycles. The lowest BCUT2D eigenvalue weighted by Gasteiger charge is -2.20. The van der Waals surface area contributed by atoms with Crippen LogP contribution in [0.25, 0.3) is 0 Å². The molecule has 2 amide bonds. The Hall–Kier alpha value is -3.54. The third-order valence-electron chi connectivity index (χ3n) is 4.41. The summed E-state index contributed by atoms with van der Waals surface area (Å²) in [6.45, 7) is -0.326. The third kappa shape index (κ3) is 5.72. The van der Waals surface area contributed by atoms with E-state index in [1.54, 1.807) is 0 Å². The second-order valence-corrected chi connectivity index (χ2v) is 6.53. The quantitative estimate of drug-likeness (QED) is 0.641. The largest absolute Gasteiger partial charge is 0.347 e. The maximum Gasteiger partial charge on any atom is 0.254 e. The molecule has 6 heteroatoms. The topological polar surface area (TPSA) is 58.2 Å². The molecule has 0 bridgehead atoms. The molecule has 2 N–H and O–H groups in total. The molecule has 4 nitrogen and oxygen atoms in total. The van der Waals surface area contributed by atoms with Gasteiger partial charge in [0.05, 0.1) is 18.2 Å². The Kier molecular flexibility index (Phi) is 6.68. The highest BCUT2D eigenvalue weighted by atomic mass is 19.1. The normalized spacial score (nSPS) is 11.5. The number of halogens is 2. The lowest BCUT2D eigenvalue weighted by atomic mass is 9.99. The second kappa shape index (κ2) is 9.59. The summed E-state index contributed by atoms with van der Waals surface area (Å²) in [5.74, 6) is -2.94. The van der Waals surface area contributed by atoms with Crippen molar-refractivity contribution in [1.82, 2.24) is 10.6 Å². The number of hydrogen-bond acceptors (Lipinski definition) is 2. The van der Waals surface area contributed by atoms with E-state index in [4.69, 9.17) is 0 Å². The molecule has 0 aliphatic carbocycles. The molecule has 0 aromatic heterocycles. The van der Waals surface area contributed by atoms with Crippen LogP contribution in [-0.4, -0.2) is 18.4 Å². The molecule has 0 fully saturated rings. The average molecular weight is 394 g/mol. The van der Waals surface area contributed by atoms with Crippen molar-refractivity contribution in [2.75, 3.05) is 6.54 Å². The number of nitrogens with one attached hydrogen (secondary N) is 2. The monoisotopic (exact) mass is 394 g/mol. The Morgan fingerprint density at radius 3 is 2.17 bits per heavy atom. The highest BCUT2D eigenvalue weighted by molar-refractivity contribution is 5.96. The van der Waals surface area contributed by atoms with Crippen LogP contribution in [0.15, 0.2) is 78.9 Å². The lowest BCUT2D eigenvalue weighted by molar-refractivity contribution is -0.120. The number of hydrogen-bond donors (Lipinski definition) is 2. The van der Waals surface area contributed by atoms with Crippen molar-refractivity contribution in [3.8, 4) is 0 Å². The predicted molar refractivity (Wildman–Crippen MR) is 106 cm³/mol. The first-order chi connectivity index (χ1) is 14.0. The number of carbonyl (C=O) groups excluding carboxylic acids is 2. The second-order valence-electron chi connectivity index (χ2n) is 6.53. The summed E-state index contributed by atoms with van der Waals surface area (Å²) in [4.78, 5) is 24.5. The van der Waals surface area contributed by atoms with Gasteiger partial charge in [0.25, 0.3) is 5.91 Å². The zero-order valence-electron chi connectivity index (χ0n) is 15.6. The molecule has 0 saturated heterocycles. The van der Waals surface area contributed by atoms with E-state index >= 15 is 0 Å². The fourth-order valence-electron chi connectivity index (χ4n) is 2.96. The Morgan fingerprint density at radius 2 is 1.52 bits per heavy atom. The smallest absolute Gasteiger partial charge is 0.254 e. The van der Waals surface area contributed by atoms with Crippen LogP contribution >= 0.6 is 0 Å². The molecule has 1 atom stereocenters. The first-order valence-corrected chi connectivity index (χ1v) is 9.14. The Bertz CT molecular complexity index is 979. The molecule has 3 aromatic rings. The number of amides is 2. The molecular weight excluding hydrogens is 374 g/mol. The van der Waals surface area contributed by atoms with Crippen molar-refractivity contribution < 1.29 is 18.4 Å².